The Morgan fingerprint density at radius 2 is 1.26 bits per heavy atom. The van der Waals surface area contributed by atoms with Crippen LogP contribution < -0.4 is 5.73 Å². The second kappa shape index (κ2) is 15.0. The van der Waals surface area contributed by atoms with Gasteiger partial charge < -0.3 is 15.9 Å². The van der Waals surface area contributed by atoms with Gasteiger partial charge in [0.25, 0.3) is 0 Å². The van der Waals surface area contributed by atoms with E-state index in [0.717, 1.165) is 12.8 Å². The summed E-state index contributed by atoms with van der Waals surface area (Å²) in [7, 11) is 0. The van der Waals surface area contributed by atoms with Gasteiger partial charge in [-0.3, -0.25) is 0 Å². The molecule has 0 saturated carbocycles. The van der Waals surface area contributed by atoms with Crippen LogP contribution >= 0.6 is 0 Å². The highest BCUT2D eigenvalue weighted by molar-refractivity contribution is 5.14. The van der Waals surface area contributed by atoms with E-state index >= 15 is 0 Å². The van der Waals surface area contributed by atoms with Crippen LogP contribution in [-0.2, 0) is 0 Å². The average Bonchev–Trinajstić information content (AvgIpc) is 2.58. The van der Waals surface area contributed by atoms with Crippen molar-refractivity contribution >= 4 is 0 Å². The lowest BCUT2D eigenvalue weighted by molar-refractivity contribution is 0.0664. The molecule has 0 amide bonds. The van der Waals surface area contributed by atoms with Crippen molar-refractivity contribution in [2.75, 3.05) is 6.61 Å². The van der Waals surface area contributed by atoms with Gasteiger partial charge in [-0.05, 0) is 6.42 Å². The van der Waals surface area contributed by atoms with Crippen LogP contribution in [0.25, 0.3) is 0 Å². The van der Waals surface area contributed by atoms with Crippen LogP contribution in [-0.4, -0.2) is 28.5 Å². The first-order valence-electron chi connectivity index (χ1n) is 9.66. The van der Waals surface area contributed by atoms with E-state index in [4.69, 9.17) is 17.3 Å². The zero-order valence-electron chi connectivity index (χ0n) is 15.2. The predicted octanol–water partition coefficient (Wildman–Crippen LogP) is 4.15. The van der Waals surface area contributed by atoms with E-state index in [0.29, 0.717) is 6.42 Å². The molecule has 0 heterocycles. The largest absolute Gasteiger partial charge is 0.393 e. The van der Waals surface area contributed by atoms with Crippen LogP contribution in [0.3, 0.4) is 0 Å². The minimum Gasteiger partial charge on any atom is -0.393 e. The van der Waals surface area contributed by atoms with Gasteiger partial charge in [0.05, 0.1) is 12.7 Å². The lowest BCUT2D eigenvalue weighted by Crippen LogP contribution is -2.52. The standard InChI is InChI=1S/C20H39NO2/c1-3-5-6-7-8-9-10-11-12-13-14-15-16-17-19(23)20(21,4-2)18-22/h2,19,22-23H,3,5-18,21H2,1H3/t19?,20-/m1/s1. The topological polar surface area (TPSA) is 66.5 Å². The summed E-state index contributed by atoms with van der Waals surface area (Å²) in [4.78, 5) is 0. The van der Waals surface area contributed by atoms with Gasteiger partial charge in [0.15, 0.2) is 0 Å². The van der Waals surface area contributed by atoms with Gasteiger partial charge in [-0.15, -0.1) is 6.42 Å². The van der Waals surface area contributed by atoms with Crippen molar-refractivity contribution in [3.63, 3.8) is 0 Å². The molecule has 0 aromatic carbocycles. The van der Waals surface area contributed by atoms with Crippen LogP contribution in [0.1, 0.15) is 96.8 Å². The van der Waals surface area contributed by atoms with Crippen LogP contribution in [0.4, 0.5) is 0 Å². The van der Waals surface area contributed by atoms with Gasteiger partial charge in [-0.25, -0.2) is 0 Å². The average molecular weight is 326 g/mol. The Hall–Kier alpha value is -0.560. The highest BCUT2D eigenvalue weighted by Gasteiger charge is 2.30. The third-order valence-corrected chi connectivity index (χ3v) is 4.71. The van der Waals surface area contributed by atoms with Gasteiger partial charge >= 0.3 is 0 Å². The van der Waals surface area contributed by atoms with Crippen molar-refractivity contribution in [1.29, 1.82) is 0 Å². The highest BCUT2D eigenvalue weighted by atomic mass is 16.3. The molecule has 3 nitrogen and oxygen atoms in total. The summed E-state index contributed by atoms with van der Waals surface area (Å²) >= 11 is 0. The number of rotatable bonds is 16. The Morgan fingerprint density at radius 3 is 1.61 bits per heavy atom. The van der Waals surface area contributed by atoms with Gasteiger partial charge in [-0.1, -0.05) is 96.3 Å². The first-order valence-corrected chi connectivity index (χ1v) is 9.66. The molecule has 2 atom stereocenters. The van der Waals surface area contributed by atoms with Gasteiger partial charge in [0.2, 0.25) is 0 Å². The van der Waals surface area contributed by atoms with Crippen LogP contribution in [0.2, 0.25) is 0 Å². The number of unbranched alkanes of at least 4 members (excludes halogenated alkanes) is 12. The fraction of sp³-hybridized carbons (Fsp3) is 0.900. The number of hydrogen-bond donors (Lipinski definition) is 3. The summed E-state index contributed by atoms with van der Waals surface area (Å²) in [5.74, 6) is 2.30. The number of aliphatic hydroxyl groups excluding tert-OH is 2. The van der Waals surface area contributed by atoms with Crippen molar-refractivity contribution in [3.05, 3.63) is 0 Å². The van der Waals surface area contributed by atoms with Crippen molar-refractivity contribution in [1.82, 2.24) is 0 Å². The van der Waals surface area contributed by atoms with Crippen molar-refractivity contribution in [2.24, 2.45) is 5.73 Å². The van der Waals surface area contributed by atoms with Crippen molar-refractivity contribution in [2.45, 2.75) is 108 Å². The Morgan fingerprint density at radius 1 is 0.870 bits per heavy atom. The van der Waals surface area contributed by atoms with Crippen LogP contribution in [0.5, 0.6) is 0 Å². The fourth-order valence-electron chi connectivity index (χ4n) is 2.86. The quantitative estimate of drug-likeness (QED) is 0.295. The molecule has 0 rings (SSSR count). The van der Waals surface area contributed by atoms with Gasteiger partial charge in [-0.2, -0.15) is 0 Å². The lowest BCUT2D eigenvalue weighted by atomic mass is 9.91. The first kappa shape index (κ1) is 22.4. The summed E-state index contributed by atoms with van der Waals surface area (Å²) in [5.41, 5.74) is 4.47. The van der Waals surface area contributed by atoms with Gasteiger partial charge in [0, 0.05) is 0 Å². The fourth-order valence-corrected chi connectivity index (χ4v) is 2.86. The van der Waals surface area contributed by atoms with Crippen LogP contribution in [0, 0.1) is 12.3 Å². The van der Waals surface area contributed by atoms with Crippen LogP contribution in [0.15, 0.2) is 0 Å². The molecule has 23 heavy (non-hydrogen) atoms. The second-order valence-corrected chi connectivity index (χ2v) is 6.89. The van der Waals surface area contributed by atoms with Crippen molar-refractivity contribution < 1.29 is 10.2 Å². The highest BCUT2D eigenvalue weighted by Crippen LogP contribution is 2.16. The lowest BCUT2D eigenvalue weighted by Gasteiger charge is -2.26. The van der Waals surface area contributed by atoms with Crippen molar-refractivity contribution in [3.8, 4) is 12.3 Å². The Bertz CT molecular complexity index is 301. The third-order valence-electron chi connectivity index (χ3n) is 4.71. The molecular formula is C20H39NO2. The number of aliphatic hydroxyl groups is 2. The SMILES string of the molecule is C#C[C@@](N)(CO)C(O)CCCCCCCCCCCCCCC. The first-order chi connectivity index (χ1) is 11.1. The number of nitrogens with two attached hydrogens (primary N) is 1. The molecule has 0 aromatic rings. The normalized spacial score (nSPS) is 15.1. The maximum absolute atomic E-state index is 9.92. The molecule has 0 aliphatic carbocycles. The molecule has 0 aliphatic heterocycles. The zero-order valence-corrected chi connectivity index (χ0v) is 15.2. The summed E-state index contributed by atoms with van der Waals surface area (Å²) in [5, 5.41) is 19.0. The molecule has 3 heteroatoms. The zero-order chi connectivity index (χ0) is 17.4. The molecule has 0 fully saturated rings. The molecule has 0 bridgehead atoms. The van der Waals surface area contributed by atoms with E-state index in [1.807, 2.05) is 0 Å². The minimum absolute atomic E-state index is 0.372. The Balaban J connectivity index is 3.33. The van der Waals surface area contributed by atoms with E-state index in [2.05, 4.69) is 12.8 Å². The summed E-state index contributed by atoms with van der Waals surface area (Å²) in [6.45, 7) is 1.89. The molecule has 0 spiro atoms. The Labute approximate surface area is 144 Å². The molecule has 0 aliphatic rings. The second-order valence-electron chi connectivity index (χ2n) is 6.89. The smallest absolute Gasteiger partial charge is 0.127 e. The van der Waals surface area contributed by atoms with E-state index in [9.17, 15) is 5.11 Å². The third kappa shape index (κ3) is 11.6. The maximum Gasteiger partial charge on any atom is 0.127 e. The number of terminal acetylenes is 1. The van der Waals surface area contributed by atoms with E-state index in [1.165, 1.54) is 70.6 Å². The maximum atomic E-state index is 9.92. The van der Waals surface area contributed by atoms with E-state index < -0.39 is 11.6 Å². The molecule has 0 saturated heterocycles. The molecule has 1 unspecified atom stereocenters. The molecule has 0 aromatic heterocycles. The molecular weight excluding hydrogens is 286 g/mol. The monoisotopic (exact) mass is 325 g/mol. The minimum atomic E-state index is -1.28. The molecule has 0 radical (unpaired) electrons. The molecule has 4 N–H and O–H groups in total. The summed E-state index contributed by atoms with van der Waals surface area (Å²) in [6.07, 6.45) is 21.9. The summed E-state index contributed by atoms with van der Waals surface area (Å²) in [6, 6.07) is 0. The number of hydrogen-bond acceptors (Lipinski definition) is 3. The van der Waals surface area contributed by atoms with E-state index in [1.54, 1.807) is 0 Å². The summed E-state index contributed by atoms with van der Waals surface area (Å²) < 4.78 is 0. The predicted molar refractivity (Wildman–Crippen MR) is 99.2 cm³/mol. The molecule has 136 valence electrons. The Kier molecular flexibility index (Phi) is 14.6. The van der Waals surface area contributed by atoms with E-state index in [-0.39, 0.29) is 6.61 Å². The van der Waals surface area contributed by atoms with Gasteiger partial charge in [0.1, 0.15) is 5.54 Å².